The van der Waals surface area contributed by atoms with Crippen LogP contribution in [0.4, 0.5) is 0 Å². The largest absolute Gasteiger partial charge is 0.478 e. The van der Waals surface area contributed by atoms with Gasteiger partial charge in [0, 0.05) is 6.08 Å². The van der Waals surface area contributed by atoms with Gasteiger partial charge in [0.2, 0.25) is 0 Å². The summed E-state index contributed by atoms with van der Waals surface area (Å²) in [6.07, 6.45) is 27.5. The standard InChI is InChI=1S/C22H34O4/c1-2-3-4-5-12-15-18-21(26-25)19-16-13-10-8-6-7-9-11-14-17-20-22(23)24/h6-11,13-14,17,20-21,25H,2-5,12,15-16,18-19H2,1H3,(H,23,24). The van der Waals surface area contributed by atoms with Crippen LogP contribution < -0.4 is 0 Å². The van der Waals surface area contributed by atoms with Crippen molar-refractivity contribution in [3.8, 4) is 0 Å². The van der Waals surface area contributed by atoms with Gasteiger partial charge in [-0.3, -0.25) is 5.26 Å². The zero-order chi connectivity index (χ0) is 19.3. The fraction of sp³-hybridized carbons (Fsp3) is 0.500. The molecule has 0 heterocycles. The summed E-state index contributed by atoms with van der Waals surface area (Å²) in [5.41, 5.74) is 0. The van der Waals surface area contributed by atoms with Gasteiger partial charge in [0.25, 0.3) is 0 Å². The molecule has 0 aromatic rings. The van der Waals surface area contributed by atoms with Crippen molar-refractivity contribution in [2.75, 3.05) is 0 Å². The predicted octanol–water partition coefficient (Wildman–Crippen LogP) is 6.24. The normalized spacial score (nSPS) is 13.9. The third-order valence-corrected chi connectivity index (χ3v) is 3.84. The van der Waals surface area contributed by atoms with E-state index in [1.165, 1.54) is 38.2 Å². The molecule has 0 rings (SSSR count). The highest BCUT2D eigenvalue weighted by molar-refractivity contribution is 5.80. The van der Waals surface area contributed by atoms with Crippen LogP contribution in [-0.4, -0.2) is 22.4 Å². The number of carboxylic acid groups (broad SMARTS) is 1. The van der Waals surface area contributed by atoms with Crippen molar-refractivity contribution in [3.05, 3.63) is 60.8 Å². The Balaban J connectivity index is 3.76. The number of carbonyl (C=O) groups is 1. The summed E-state index contributed by atoms with van der Waals surface area (Å²) in [7, 11) is 0. The molecule has 0 radical (unpaired) electrons. The van der Waals surface area contributed by atoms with Gasteiger partial charge in [-0.2, -0.15) is 0 Å². The lowest BCUT2D eigenvalue weighted by Crippen LogP contribution is -2.10. The summed E-state index contributed by atoms with van der Waals surface area (Å²) in [4.78, 5) is 14.8. The number of unbranched alkanes of at least 4 members (excludes halogenated alkanes) is 5. The molecule has 0 bridgehead atoms. The summed E-state index contributed by atoms with van der Waals surface area (Å²) in [6, 6.07) is 0. The Hall–Kier alpha value is -1.91. The van der Waals surface area contributed by atoms with Crippen LogP contribution in [0.3, 0.4) is 0 Å². The molecule has 0 aliphatic rings. The first kappa shape index (κ1) is 24.1. The quantitative estimate of drug-likeness (QED) is 0.112. The fourth-order valence-corrected chi connectivity index (χ4v) is 2.38. The van der Waals surface area contributed by atoms with Gasteiger partial charge in [-0.25, -0.2) is 9.68 Å². The van der Waals surface area contributed by atoms with Gasteiger partial charge in [0.05, 0.1) is 6.10 Å². The van der Waals surface area contributed by atoms with Gasteiger partial charge >= 0.3 is 5.97 Å². The van der Waals surface area contributed by atoms with E-state index < -0.39 is 5.97 Å². The van der Waals surface area contributed by atoms with E-state index in [0.717, 1.165) is 31.8 Å². The van der Waals surface area contributed by atoms with Crippen LogP contribution in [-0.2, 0) is 9.68 Å². The van der Waals surface area contributed by atoms with E-state index in [2.05, 4.69) is 17.9 Å². The Labute approximate surface area is 158 Å². The minimum Gasteiger partial charge on any atom is -0.478 e. The molecular formula is C22H34O4. The van der Waals surface area contributed by atoms with E-state index in [1.807, 2.05) is 30.4 Å². The van der Waals surface area contributed by atoms with Crippen LogP contribution in [0.15, 0.2) is 60.8 Å². The molecule has 4 heteroatoms. The van der Waals surface area contributed by atoms with Gasteiger partial charge in [-0.1, -0.05) is 100 Å². The van der Waals surface area contributed by atoms with Crippen LogP contribution in [0.25, 0.3) is 0 Å². The van der Waals surface area contributed by atoms with E-state index >= 15 is 0 Å². The molecule has 0 fully saturated rings. The number of allylic oxidation sites excluding steroid dienone is 9. The highest BCUT2D eigenvalue weighted by Crippen LogP contribution is 2.13. The summed E-state index contributed by atoms with van der Waals surface area (Å²) in [5.74, 6) is -0.954. The molecule has 0 amide bonds. The molecule has 146 valence electrons. The predicted molar refractivity (Wildman–Crippen MR) is 108 cm³/mol. The fourth-order valence-electron chi connectivity index (χ4n) is 2.38. The highest BCUT2D eigenvalue weighted by Gasteiger charge is 2.07. The lowest BCUT2D eigenvalue weighted by atomic mass is 10.0. The van der Waals surface area contributed by atoms with Crippen molar-refractivity contribution in [2.45, 2.75) is 70.8 Å². The van der Waals surface area contributed by atoms with Gasteiger partial charge in [-0.05, 0) is 19.3 Å². The second-order valence-corrected chi connectivity index (χ2v) is 6.14. The molecule has 0 aliphatic heterocycles. The summed E-state index contributed by atoms with van der Waals surface area (Å²) >= 11 is 0. The highest BCUT2D eigenvalue weighted by atomic mass is 17.1. The van der Waals surface area contributed by atoms with Crippen LogP contribution in [0.5, 0.6) is 0 Å². The number of carboxylic acids is 1. The SMILES string of the molecule is CCCCCCCCC(CCC=CC=CC=CC=CC=CC(=O)O)OO. The van der Waals surface area contributed by atoms with Gasteiger partial charge in [-0.15, -0.1) is 0 Å². The van der Waals surface area contributed by atoms with Gasteiger partial charge in [0.1, 0.15) is 0 Å². The maximum atomic E-state index is 10.2. The lowest BCUT2D eigenvalue weighted by molar-refractivity contribution is -0.281. The van der Waals surface area contributed by atoms with Crippen LogP contribution >= 0.6 is 0 Å². The number of aliphatic carboxylic acids is 1. The molecule has 0 aromatic heterocycles. The average molecular weight is 363 g/mol. The Morgan fingerprint density at radius 3 is 2.04 bits per heavy atom. The summed E-state index contributed by atoms with van der Waals surface area (Å²) < 4.78 is 0. The Bertz CT molecular complexity index is 473. The molecule has 1 unspecified atom stereocenters. The van der Waals surface area contributed by atoms with Gasteiger partial charge < -0.3 is 5.11 Å². The Morgan fingerprint density at radius 2 is 1.42 bits per heavy atom. The number of hydrogen-bond acceptors (Lipinski definition) is 3. The van der Waals surface area contributed by atoms with Crippen molar-refractivity contribution >= 4 is 5.97 Å². The van der Waals surface area contributed by atoms with Crippen molar-refractivity contribution in [1.29, 1.82) is 0 Å². The maximum Gasteiger partial charge on any atom is 0.328 e. The van der Waals surface area contributed by atoms with E-state index in [0.29, 0.717) is 0 Å². The van der Waals surface area contributed by atoms with Crippen molar-refractivity contribution in [3.63, 3.8) is 0 Å². The third kappa shape index (κ3) is 18.4. The molecule has 0 aromatic carbocycles. The minimum atomic E-state index is -0.954. The van der Waals surface area contributed by atoms with Gasteiger partial charge in [0.15, 0.2) is 0 Å². The number of hydrogen-bond donors (Lipinski definition) is 2. The third-order valence-electron chi connectivity index (χ3n) is 3.84. The molecule has 0 saturated carbocycles. The van der Waals surface area contributed by atoms with Crippen molar-refractivity contribution < 1.29 is 20.0 Å². The lowest BCUT2D eigenvalue weighted by Gasteiger charge is -2.11. The Morgan fingerprint density at radius 1 is 0.846 bits per heavy atom. The number of rotatable bonds is 16. The summed E-state index contributed by atoms with van der Waals surface area (Å²) in [5, 5.41) is 17.4. The smallest absolute Gasteiger partial charge is 0.328 e. The zero-order valence-electron chi connectivity index (χ0n) is 15.9. The van der Waals surface area contributed by atoms with Crippen LogP contribution in [0.2, 0.25) is 0 Å². The second-order valence-electron chi connectivity index (χ2n) is 6.14. The average Bonchev–Trinajstić information content (AvgIpc) is 2.63. The zero-order valence-corrected chi connectivity index (χ0v) is 15.9. The van der Waals surface area contributed by atoms with Crippen LogP contribution in [0.1, 0.15) is 64.7 Å². The Kier molecular flexibility index (Phi) is 18.0. The molecular weight excluding hydrogens is 328 g/mol. The van der Waals surface area contributed by atoms with E-state index in [1.54, 1.807) is 12.2 Å². The monoisotopic (exact) mass is 362 g/mol. The topological polar surface area (TPSA) is 66.8 Å². The van der Waals surface area contributed by atoms with E-state index in [4.69, 9.17) is 10.4 Å². The second kappa shape index (κ2) is 19.4. The first-order valence-electron chi connectivity index (χ1n) is 9.57. The molecule has 0 spiro atoms. The first-order valence-corrected chi connectivity index (χ1v) is 9.57. The molecule has 0 saturated heterocycles. The summed E-state index contributed by atoms with van der Waals surface area (Å²) in [6.45, 7) is 2.22. The van der Waals surface area contributed by atoms with Crippen LogP contribution in [0, 0.1) is 0 Å². The van der Waals surface area contributed by atoms with E-state index in [-0.39, 0.29) is 6.10 Å². The van der Waals surface area contributed by atoms with Crippen molar-refractivity contribution in [2.24, 2.45) is 0 Å². The maximum absolute atomic E-state index is 10.2. The molecule has 26 heavy (non-hydrogen) atoms. The molecule has 0 aliphatic carbocycles. The molecule has 2 N–H and O–H groups in total. The van der Waals surface area contributed by atoms with Crippen molar-refractivity contribution in [1.82, 2.24) is 0 Å². The first-order chi connectivity index (χ1) is 12.7. The molecule has 1 atom stereocenters. The molecule has 4 nitrogen and oxygen atoms in total. The minimum absolute atomic E-state index is 0.0707. The van der Waals surface area contributed by atoms with E-state index in [9.17, 15) is 4.79 Å².